The molecule has 0 aromatic heterocycles. The van der Waals surface area contributed by atoms with E-state index < -0.39 is 5.25 Å². The molecule has 1 aliphatic heterocycles. The highest BCUT2D eigenvalue weighted by Gasteiger charge is 2.39. The molecule has 4 rings (SSSR count). The van der Waals surface area contributed by atoms with Crippen LogP contribution in [-0.2, 0) is 9.59 Å². The monoisotopic (exact) mass is 445 g/mol. The molecule has 1 N–H and O–H groups in total. The number of thioether (sulfide) groups is 1. The summed E-state index contributed by atoms with van der Waals surface area (Å²) in [7, 11) is 0. The van der Waals surface area contributed by atoms with Gasteiger partial charge in [-0.3, -0.25) is 14.5 Å². The summed E-state index contributed by atoms with van der Waals surface area (Å²) in [5, 5.41) is 5.23. The second-order valence-corrected chi connectivity index (χ2v) is 9.63. The van der Waals surface area contributed by atoms with Crippen molar-refractivity contribution in [3.63, 3.8) is 0 Å². The van der Waals surface area contributed by atoms with Crippen LogP contribution < -0.4 is 5.32 Å². The van der Waals surface area contributed by atoms with Gasteiger partial charge in [0.1, 0.15) is 5.25 Å². The van der Waals surface area contributed by atoms with Gasteiger partial charge in [0.05, 0.1) is 5.69 Å². The molecule has 1 aliphatic rings. The number of hydrogen-bond donors (Lipinski definition) is 1. The van der Waals surface area contributed by atoms with E-state index in [-0.39, 0.29) is 18.2 Å². The van der Waals surface area contributed by atoms with Crippen LogP contribution in [0.25, 0.3) is 10.8 Å². The Labute approximate surface area is 192 Å². The van der Waals surface area contributed by atoms with Crippen molar-refractivity contribution in [2.45, 2.75) is 32.4 Å². The fourth-order valence-corrected chi connectivity index (χ4v) is 4.86. The molecule has 0 aliphatic carbocycles. The van der Waals surface area contributed by atoms with E-state index in [0.29, 0.717) is 17.6 Å². The summed E-state index contributed by atoms with van der Waals surface area (Å²) in [5.74, 6) is 0.0712. The molecule has 2 amide bonds. The average Bonchev–Trinajstić information content (AvgIpc) is 3.04. The lowest BCUT2D eigenvalue weighted by Gasteiger charge is -2.18. The van der Waals surface area contributed by atoms with E-state index in [9.17, 15) is 9.59 Å². The normalized spacial score (nSPS) is 17.5. The van der Waals surface area contributed by atoms with Gasteiger partial charge in [0, 0.05) is 24.0 Å². The molecule has 1 saturated heterocycles. The van der Waals surface area contributed by atoms with Gasteiger partial charge in [-0.25, -0.2) is 4.99 Å². The lowest BCUT2D eigenvalue weighted by atomic mass is 10.1. The fraction of sp³-hybridized carbons (Fsp3) is 0.269. The first kappa shape index (κ1) is 22.1. The minimum Gasteiger partial charge on any atom is -0.325 e. The van der Waals surface area contributed by atoms with Crippen molar-refractivity contribution in [1.82, 2.24) is 4.90 Å². The molecule has 5 nitrogen and oxygen atoms in total. The van der Waals surface area contributed by atoms with Gasteiger partial charge in [0.15, 0.2) is 5.17 Å². The molecular weight excluding hydrogens is 418 g/mol. The standard InChI is InChI=1S/C26H27N3O2S/c1-17(2)16-29-25(31)23(32-26(29)27-20-13-11-18(3)12-14-20)15-24(30)28-22-10-6-8-19-7-4-5-9-21(19)22/h4-14,17,23H,15-16H2,1-3H3,(H,28,30). The van der Waals surface area contributed by atoms with Crippen molar-refractivity contribution in [3.8, 4) is 0 Å². The first-order chi connectivity index (χ1) is 15.4. The second kappa shape index (κ2) is 9.57. The Kier molecular flexibility index (Phi) is 6.61. The molecule has 0 bridgehead atoms. The van der Waals surface area contributed by atoms with Crippen LogP contribution in [-0.4, -0.2) is 33.7 Å². The summed E-state index contributed by atoms with van der Waals surface area (Å²) in [5.41, 5.74) is 2.72. The van der Waals surface area contributed by atoms with E-state index in [1.165, 1.54) is 11.8 Å². The molecule has 32 heavy (non-hydrogen) atoms. The van der Waals surface area contributed by atoms with Gasteiger partial charge in [-0.05, 0) is 36.4 Å². The number of carbonyl (C=O) groups is 2. The van der Waals surface area contributed by atoms with Gasteiger partial charge >= 0.3 is 0 Å². The number of anilines is 1. The predicted molar refractivity (Wildman–Crippen MR) is 133 cm³/mol. The molecule has 1 fully saturated rings. The SMILES string of the molecule is Cc1ccc(N=C2SC(CC(=O)Nc3cccc4ccccc34)C(=O)N2CC(C)C)cc1. The van der Waals surface area contributed by atoms with Gasteiger partial charge in [0.25, 0.3) is 0 Å². The largest absolute Gasteiger partial charge is 0.325 e. The molecule has 0 saturated carbocycles. The molecule has 1 heterocycles. The zero-order valence-corrected chi connectivity index (χ0v) is 19.4. The Morgan fingerprint density at radius 1 is 1.06 bits per heavy atom. The van der Waals surface area contributed by atoms with E-state index in [0.717, 1.165) is 27.7 Å². The molecule has 3 aromatic carbocycles. The number of aryl methyl sites for hydroxylation is 1. The first-order valence-electron chi connectivity index (χ1n) is 10.8. The third kappa shape index (κ3) is 5.02. The van der Waals surface area contributed by atoms with Crippen LogP contribution in [0.4, 0.5) is 11.4 Å². The van der Waals surface area contributed by atoms with Crippen LogP contribution in [0.3, 0.4) is 0 Å². The highest BCUT2D eigenvalue weighted by molar-refractivity contribution is 8.15. The Bertz CT molecular complexity index is 1170. The van der Waals surface area contributed by atoms with Crippen molar-refractivity contribution in [2.75, 3.05) is 11.9 Å². The van der Waals surface area contributed by atoms with Gasteiger partial charge < -0.3 is 5.32 Å². The van der Waals surface area contributed by atoms with Crippen LogP contribution in [0, 0.1) is 12.8 Å². The number of aliphatic imine (C=N–C) groups is 1. The van der Waals surface area contributed by atoms with Crippen LogP contribution in [0.5, 0.6) is 0 Å². The summed E-state index contributed by atoms with van der Waals surface area (Å²) in [6, 6.07) is 21.6. The lowest BCUT2D eigenvalue weighted by Crippen LogP contribution is -2.36. The van der Waals surface area contributed by atoms with Gasteiger partial charge in [-0.15, -0.1) is 0 Å². The highest BCUT2D eigenvalue weighted by Crippen LogP contribution is 2.33. The maximum Gasteiger partial charge on any atom is 0.242 e. The molecule has 164 valence electrons. The maximum absolute atomic E-state index is 13.1. The third-order valence-corrected chi connectivity index (χ3v) is 6.44. The van der Waals surface area contributed by atoms with E-state index in [1.807, 2.05) is 73.7 Å². The number of carbonyl (C=O) groups excluding carboxylic acids is 2. The number of nitrogens with zero attached hydrogens (tertiary/aromatic N) is 2. The number of nitrogens with one attached hydrogen (secondary N) is 1. The van der Waals surface area contributed by atoms with Crippen LogP contribution in [0.15, 0.2) is 71.7 Å². The van der Waals surface area contributed by atoms with E-state index >= 15 is 0 Å². The minimum atomic E-state index is -0.479. The van der Waals surface area contributed by atoms with Crippen molar-refractivity contribution in [3.05, 3.63) is 72.3 Å². The smallest absolute Gasteiger partial charge is 0.242 e. The summed E-state index contributed by atoms with van der Waals surface area (Å²) in [6.07, 6.45) is 0.105. The van der Waals surface area contributed by atoms with E-state index in [2.05, 4.69) is 19.2 Å². The van der Waals surface area contributed by atoms with Crippen LogP contribution in [0.1, 0.15) is 25.8 Å². The zero-order valence-electron chi connectivity index (χ0n) is 18.5. The Morgan fingerprint density at radius 2 is 1.78 bits per heavy atom. The Hall–Kier alpha value is -3.12. The lowest BCUT2D eigenvalue weighted by molar-refractivity contribution is -0.128. The zero-order chi connectivity index (χ0) is 22.7. The summed E-state index contributed by atoms with van der Waals surface area (Å²) in [4.78, 5) is 32.4. The second-order valence-electron chi connectivity index (χ2n) is 8.46. The number of benzene rings is 3. The number of rotatable bonds is 6. The number of fused-ring (bicyclic) bond motifs is 1. The number of amidine groups is 1. The molecular formula is C26H27N3O2S. The minimum absolute atomic E-state index is 0.0531. The molecule has 1 unspecified atom stereocenters. The maximum atomic E-state index is 13.1. The third-order valence-electron chi connectivity index (χ3n) is 5.26. The highest BCUT2D eigenvalue weighted by atomic mass is 32.2. The van der Waals surface area contributed by atoms with Crippen molar-refractivity contribution in [1.29, 1.82) is 0 Å². The Balaban J connectivity index is 1.52. The van der Waals surface area contributed by atoms with E-state index in [4.69, 9.17) is 4.99 Å². The van der Waals surface area contributed by atoms with Gasteiger partial charge in [-0.2, -0.15) is 0 Å². The van der Waals surface area contributed by atoms with Crippen molar-refractivity contribution >= 4 is 50.9 Å². The number of hydrogen-bond acceptors (Lipinski definition) is 4. The molecule has 0 spiro atoms. The van der Waals surface area contributed by atoms with Gasteiger partial charge in [0.2, 0.25) is 11.8 Å². The van der Waals surface area contributed by atoms with E-state index in [1.54, 1.807) is 4.90 Å². The van der Waals surface area contributed by atoms with Gasteiger partial charge in [-0.1, -0.05) is 79.7 Å². The fourth-order valence-electron chi connectivity index (χ4n) is 3.69. The molecule has 0 radical (unpaired) electrons. The van der Waals surface area contributed by atoms with Crippen molar-refractivity contribution in [2.24, 2.45) is 10.9 Å². The summed E-state index contributed by atoms with van der Waals surface area (Å²) >= 11 is 1.38. The topological polar surface area (TPSA) is 61.8 Å². The van der Waals surface area contributed by atoms with Crippen LogP contribution in [0.2, 0.25) is 0 Å². The predicted octanol–water partition coefficient (Wildman–Crippen LogP) is 5.76. The quantitative estimate of drug-likeness (QED) is 0.524. The summed E-state index contributed by atoms with van der Waals surface area (Å²) in [6.45, 7) is 6.75. The first-order valence-corrected chi connectivity index (χ1v) is 11.7. The van der Waals surface area contributed by atoms with Crippen molar-refractivity contribution < 1.29 is 9.59 Å². The molecule has 3 aromatic rings. The molecule has 6 heteroatoms. The summed E-state index contributed by atoms with van der Waals surface area (Å²) < 4.78 is 0. The van der Waals surface area contributed by atoms with Crippen LogP contribution >= 0.6 is 11.8 Å². The Morgan fingerprint density at radius 3 is 2.53 bits per heavy atom. The average molecular weight is 446 g/mol. The number of amides is 2. The molecule has 1 atom stereocenters.